The number of nitro groups is 1. The van der Waals surface area contributed by atoms with Crippen LogP contribution >= 0.6 is 0 Å². The topological polar surface area (TPSA) is 108 Å². The lowest BCUT2D eigenvalue weighted by atomic mass is 10.4. The van der Waals surface area contributed by atoms with Gasteiger partial charge in [0.15, 0.2) is 0 Å². The minimum absolute atomic E-state index is 0.0801. The Morgan fingerprint density at radius 3 is 2.89 bits per heavy atom. The van der Waals surface area contributed by atoms with Gasteiger partial charge in [0, 0.05) is 13.2 Å². The third-order valence-corrected chi connectivity index (χ3v) is 2.37. The van der Waals surface area contributed by atoms with Gasteiger partial charge >= 0.3 is 5.69 Å². The lowest BCUT2D eigenvalue weighted by Crippen LogP contribution is -2.07. The number of hydrogen-bond acceptors (Lipinski definition) is 7. The summed E-state index contributed by atoms with van der Waals surface area (Å²) in [4.78, 5) is 18.0. The van der Waals surface area contributed by atoms with Crippen LogP contribution in [0.15, 0.2) is 18.6 Å². The van der Waals surface area contributed by atoms with Gasteiger partial charge in [0.1, 0.15) is 6.33 Å². The molecule has 0 aliphatic carbocycles. The molecular formula is C10H12N6O3. The summed E-state index contributed by atoms with van der Waals surface area (Å²) in [6, 6.07) is 1.80. The van der Waals surface area contributed by atoms with Crippen LogP contribution in [0.3, 0.4) is 0 Å². The third-order valence-electron chi connectivity index (χ3n) is 2.37. The summed E-state index contributed by atoms with van der Waals surface area (Å²) in [6.07, 6.45) is 2.98. The highest BCUT2D eigenvalue weighted by Crippen LogP contribution is 2.30. The van der Waals surface area contributed by atoms with Crippen LogP contribution in [0.25, 0.3) is 0 Å². The van der Waals surface area contributed by atoms with Crippen LogP contribution in [0.4, 0.5) is 11.5 Å². The molecule has 0 fully saturated rings. The second-order valence-electron chi connectivity index (χ2n) is 3.67. The monoisotopic (exact) mass is 264 g/mol. The zero-order chi connectivity index (χ0) is 13.8. The van der Waals surface area contributed by atoms with Gasteiger partial charge in [0.25, 0.3) is 5.88 Å². The summed E-state index contributed by atoms with van der Waals surface area (Å²) < 4.78 is 6.50. The number of methoxy groups -OCH3 is 1. The number of rotatable bonds is 5. The molecule has 0 spiro atoms. The van der Waals surface area contributed by atoms with E-state index in [-0.39, 0.29) is 17.4 Å². The van der Waals surface area contributed by atoms with Crippen LogP contribution in [0.5, 0.6) is 5.88 Å². The molecule has 19 heavy (non-hydrogen) atoms. The highest BCUT2D eigenvalue weighted by Gasteiger charge is 2.23. The molecule has 0 aliphatic heterocycles. The summed E-state index contributed by atoms with van der Waals surface area (Å²) in [5.41, 5.74) is 0.454. The van der Waals surface area contributed by atoms with Crippen molar-refractivity contribution in [2.45, 2.75) is 6.54 Å². The van der Waals surface area contributed by atoms with Gasteiger partial charge in [-0.15, -0.1) is 0 Å². The molecule has 1 N–H and O–H groups in total. The normalized spacial score (nSPS) is 10.2. The molecule has 0 radical (unpaired) electrons. The summed E-state index contributed by atoms with van der Waals surface area (Å²) in [5, 5.41) is 18.0. The molecule has 0 saturated carbocycles. The van der Waals surface area contributed by atoms with E-state index < -0.39 is 4.92 Å². The predicted octanol–water partition coefficient (Wildman–Crippen LogP) is 0.739. The molecule has 0 aromatic carbocycles. The Labute approximate surface area is 108 Å². The van der Waals surface area contributed by atoms with E-state index in [1.54, 1.807) is 24.0 Å². The minimum atomic E-state index is -0.584. The Kier molecular flexibility index (Phi) is 3.55. The van der Waals surface area contributed by atoms with E-state index in [2.05, 4.69) is 20.4 Å². The van der Waals surface area contributed by atoms with E-state index in [0.717, 1.165) is 5.69 Å². The molecule has 0 unspecified atom stereocenters. The lowest BCUT2D eigenvalue weighted by Gasteiger charge is -2.06. The molecule has 0 amide bonds. The van der Waals surface area contributed by atoms with Gasteiger partial charge in [-0.3, -0.25) is 14.8 Å². The fourth-order valence-corrected chi connectivity index (χ4v) is 1.54. The first kappa shape index (κ1) is 12.7. The first-order chi connectivity index (χ1) is 9.11. The van der Waals surface area contributed by atoms with Gasteiger partial charge in [-0.25, -0.2) is 4.98 Å². The van der Waals surface area contributed by atoms with Crippen LogP contribution in [-0.2, 0) is 13.6 Å². The molecule has 0 bridgehead atoms. The fraction of sp³-hybridized carbons (Fsp3) is 0.300. The predicted molar refractivity (Wildman–Crippen MR) is 65.8 cm³/mol. The first-order valence-electron chi connectivity index (χ1n) is 5.37. The number of aromatic nitrogens is 4. The van der Waals surface area contributed by atoms with E-state index in [4.69, 9.17) is 4.74 Å². The van der Waals surface area contributed by atoms with Crippen LogP contribution in [0.1, 0.15) is 5.69 Å². The molecule has 0 saturated heterocycles. The van der Waals surface area contributed by atoms with Crippen molar-refractivity contribution in [1.82, 2.24) is 19.7 Å². The van der Waals surface area contributed by atoms with Crippen molar-refractivity contribution in [3.8, 4) is 5.88 Å². The zero-order valence-corrected chi connectivity index (χ0v) is 10.4. The second-order valence-corrected chi connectivity index (χ2v) is 3.67. The molecule has 9 nitrogen and oxygen atoms in total. The molecule has 0 atom stereocenters. The van der Waals surface area contributed by atoms with Gasteiger partial charge < -0.3 is 10.1 Å². The van der Waals surface area contributed by atoms with Gasteiger partial charge in [0.2, 0.25) is 5.82 Å². The number of anilines is 1. The number of hydrogen-bond donors (Lipinski definition) is 1. The van der Waals surface area contributed by atoms with E-state index in [1.807, 2.05) is 0 Å². The summed E-state index contributed by atoms with van der Waals surface area (Å²) in [5.74, 6) is 0.0195. The van der Waals surface area contributed by atoms with Gasteiger partial charge in [-0.1, -0.05) is 0 Å². The first-order valence-corrected chi connectivity index (χ1v) is 5.37. The van der Waals surface area contributed by atoms with Crippen LogP contribution < -0.4 is 10.1 Å². The maximum absolute atomic E-state index is 11.0. The van der Waals surface area contributed by atoms with Gasteiger partial charge in [-0.05, 0) is 6.07 Å². The quantitative estimate of drug-likeness (QED) is 0.626. The summed E-state index contributed by atoms with van der Waals surface area (Å²) in [6.45, 7) is 0.321. The molecule has 0 aliphatic rings. The van der Waals surface area contributed by atoms with Crippen molar-refractivity contribution in [1.29, 1.82) is 0 Å². The minimum Gasteiger partial charge on any atom is -0.476 e. The molecule has 2 heterocycles. The standard InChI is InChI=1S/C10H12N6O3/c1-15-4-3-7(14-15)5-11-9-8(16(17)18)10(19-2)13-6-12-9/h3-4,6H,5H2,1-2H3,(H,11,12,13). The lowest BCUT2D eigenvalue weighted by molar-refractivity contribution is -0.385. The van der Waals surface area contributed by atoms with Crippen molar-refractivity contribution < 1.29 is 9.66 Å². The smallest absolute Gasteiger partial charge is 0.372 e. The fourth-order valence-electron chi connectivity index (χ4n) is 1.54. The molecule has 2 aromatic heterocycles. The highest BCUT2D eigenvalue weighted by molar-refractivity contribution is 5.61. The maximum Gasteiger partial charge on any atom is 0.372 e. The third kappa shape index (κ3) is 2.76. The van der Waals surface area contributed by atoms with E-state index in [1.165, 1.54) is 13.4 Å². The van der Waals surface area contributed by atoms with E-state index >= 15 is 0 Å². The Morgan fingerprint density at radius 2 is 2.32 bits per heavy atom. The number of aryl methyl sites for hydroxylation is 1. The second kappa shape index (κ2) is 5.29. The van der Waals surface area contributed by atoms with Crippen molar-refractivity contribution in [3.05, 3.63) is 34.4 Å². The van der Waals surface area contributed by atoms with E-state index in [9.17, 15) is 10.1 Å². The van der Waals surface area contributed by atoms with Crippen LogP contribution in [-0.4, -0.2) is 31.8 Å². The van der Waals surface area contributed by atoms with E-state index in [0.29, 0.717) is 6.54 Å². The SMILES string of the molecule is COc1ncnc(NCc2ccn(C)n2)c1[N+](=O)[O-]. The van der Waals surface area contributed by atoms with Crippen LogP contribution in [0.2, 0.25) is 0 Å². The Morgan fingerprint density at radius 1 is 1.53 bits per heavy atom. The summed E-state index contributed by atoms with van der Waals surface area (Å²) in [7, 11) is 3.11. The molecule has 2 rings (SSSR count). The number of nitrogens with zero attached hydrogens (tertiary/aromatic N) is 5. The highest BCUT2D eigenvalue weighted by atomic mass is 16.6. The Bertz CT molecular complexity index is 597. The number of ether oxygens (including phenoxy) is 1. The average Bonchev–Trinajstić information content (AvgIpc) is 2.81. The van der Waals surface area contributed by atoms with Crippen molar-refractivity contribution in [3.63, 3.8) is 0 Å². The van der Waals surface area contributed by atoms with Gasteiger partial charge in [0.05, 0.1) is 24.3 Å². The largest absolute Gasteiger partial charge is 0.476 e. The van der Waals surface area contributed by atoms with Crippen molar-refractivity contribution in [2.75, 3.05) is 12.4 Å². The Hall–Kier alpha value is -2.71. The Balaban J connectivity index is 2.22. The average molecular weight is 264 g/mol. The maximum atomic E-state index is 11.0. The van der Waals surface area contributed by atoms with Crippen molar-refractivity contribution in [2.24, 2.45) is 7.05 Å². The molecule has 100 valence electrons. The molecular weight excluding hydrogens is 252 g/mol. The molecule has 2 aromatic rings. The van der Waals surface area contributed by atoms with Gasteiger partial charge in [-0.2, -0.15) is 10.1 Å². The summed E-state index contributed by atoms with van der Waals surface area (Å²) >= 11 is 0. The number of nitrogens with one attached hydrogen (secondary N) is 1. The zero-order valence-electron chi connectivity index (χ0n) is 10.4. The molecule has 9 heteroatoms. The van der Waals surface area contributed by atoms with Crippen LogP contribution in [0, 0.1) is 10.1 Å². The van der Waals surface area contributed by atoms with Crippen molar-refractivity contribution >= 4 is 11.5 Å².